The van der Waals surface area contributed by atoms with Crippen molar-refractivity contribution in [2.24, 2.45) is 0 Å². The summed E-state index contributed by atoms with van der Waals surface area (Å²) in [5.41, 5.74) is 0.859. The fraction of sp³-hybridized carbons (Fsp3) is 0.200. The van der Waals surface area contributed by atoms with Gasteiger partial charge in [-0.2, -0.15) is 0 Å². The number of aliphatic hydroxyl groups is 1. The molecule has 1 nitrogen and oxygen atoms in total. The molecule has 0 aliphatic rings. The third-order valence-corrected chi connectivity index (χ3v) is 1.84. The monoisotopic (exact) mass is 182 g/mol. The molecule has 2 heteroatoms. The number of aliphatic hydroxyl groups excluding tert-OH is 1. The van der Waals surface area contributed by atoms with Crippen LogP contribution >= 0.6 is 11.6 Å². The molecule has 0 bridgehead atoms. The van der Waals surface area contributed by atoms with E-state index in [2.05, 4.69) is 0 Å². The van der Waals surface area contributed by atoms with Crippen LogP contribution in [0.4, 0.5) is 0 Å². The van der Waals surface area contributed by atoms with E-state index in [4.69, 9.17) is 11.6 Å². The lowest BCUT2D eigenvalue weighted by atomic mass is 10.1. The van der Waals surface area contributed by atoms with Crippen molar-refractivity contribution in [1.29, 1.82) is 0 Å². The minimum absolute atomic E-state index is 0.521. The molecular weight excluding hydrogens is 172 g/mol. The molecule has 0 aromatic heterocycles. The van der Waals surface area contributed by atoms with E-state index in [0.29, 0.717) is 5.02 Å². The lowest BCUT2D eigenvalue weighted by Gasteiger charge is -2.04. The van der Waals surface area contributed by atoms with Crippen LogP contribution in [0.1, 0.15) is 18.6 Å². The van der Waals surface area contributed by atoms with Gasteiger partial charge in [-0.15, -0.1) is 0 Å². The van der Waals surface area contributed by atoms with E-state index in [1.54, 1.807) is 18.2 Å². The second-order valence-corrected chi connectivity index (χ2v) is 2.96. The average molecular weight is 183 g/mol. The standard InChI is InChI=1S/C10H11ClO/c1-2-3-10(12)8-4-6-9(11)7-5-8/h2-7,10,12H,1H3/t10-/m1/s1. The highest BCUT2D eigenvalue weighted by atomic mass is 35.5. The number of rotatable bonds is 2. The van der Waals surface area contributed by atoms with Crippen molar-refractivity contribution in [2.75, 3.05) is 0 Å². The summed E-state index contributed by atoms with van der Waals surface area (Å²) in [7, 11) is 0. The maximum absolute atomic E-state index is 9.48. The van der Waals surface area contributed by atoms with Crippen molar-refractivity contribution < 1.29 is 5.11 Å². The second kappa shape index (κ2) is 4.29. The van der Waals surface area contributed by atoms with Gasteiger partial charge in [0.15, 0.2) is 0 Å². The number of hydrogen-bond donors (Lipinski definition) is 1. The average Bonchev–Trinajstić information content (AvgIpc) is 2.06. The van der Waals surface area contributed by atoms with Crippen LogP contribution in [-0.4, -0.2) is 5.11 Å². The topological polar surface area (TPSA) is 20.2 Å². The minimum Gasteiger partial charge on any atom is -0.384 e. The molecule has 12 heavy (non-hydrogen) atoms. The Labute approximate surface area is 77.3 Å². The summed E-state index contributed by atoms with van der Waals surface area (Å²) in [5, 5.41) is 10.2. The van der Waals surface area contributed by atoms with E-state index < -0.39 is 6.10 Å². The third-order valence-electron chi connectivity index (χ3n) is 1.59. The van der Waals surface area contributed by atoms with Gasteiger partial charge in [-0.1, -0.05) is 35.9 Å². The predicted octanol–water partition coefficient (Wildman–Crippen LogP) is 2.95. The van der Waals surface area contributed by atoms with E-state index in [-0.39, 0.29) is 0 Å². The molecule has 0 unspecified atom stereocenters. The van der Waals surface area contributed by atoms with Crippen LogP contribution in [-0.2, 0) is 0 Å². The van der Waals surface area contributed by atoms with Crippen molar-refractivity contribution in [3.05, 3.63) is 47.0 Å². The highest BCUT2D eigenvalue weighted by molar-refractivity contribution is 6.30. The fourth-order valence-corrected chi connectivity index (χ4v) is 1.08. The molecule has 0 heterocycles. The van der Waals surface area contributed by atoms with Gasteiger partial charge in [-0.25, -0.2) is 0 Å². The molecule has 0 radical (unpaired) electrons. The Balaban J connectivity index is 2.82. The number of halogens is 1. The summed E-state index contributed by atoms with van der Waals surface area (Å²) >= 11 is 5.69. The van der Waals surface area contributed by atoms with E-state index >= 15 is 0 Å². The molecule has 1 atom stereocenters. The van der Waals surface area contributed by atoms with Gasteiger partial charge in [-0.3, -0.25) is 0 Å². The van der Waals surface area contributed by atoms with E-state index in [9.17, 15) is 5.11 Å². The Morgan fingerprint density at radius 2 is 1.92 bits per heavy atom. The number of allylic oxidation sites excluding steroid dienone is 1. The lowest BCUT2D eigenvalue weighted by Crippen LogP contribution is -1.91. The van der Waals surface area contributed by atoms with Crippen molar-refractivity contribution in [3.8, 4) is 0 Å². The Kier molecular flexibility index (Phi) is 3.32. The maximum Gasteiger partial charge on any atom is 0.0971 e. The maximum atomic E-state index is 9.48. The van der Waals surface area contributed by atoms with Gasteiger partial charge < -0.3 is 5.11 Å². The molecule has 1 N–H and O–H groups in total. The first kappa shape index (κ1) is 9.30. The first-order chi connectivity index (χ1) is 5.74. The van der Waals surface area contributed by atoms with Crippen LogP contribution in [0.25, 0.3) is 0 Å². The molecule has 1 aromatic carbocycles. The molecular formula is C10H11ClO. The summed E-state index contributed by atoms with van der Waals surface area (Å²) in [6, 6.07) is 7.16. The molecule has 64 valence electrons. The van der Waals surface area contributed by atoms with Gasteiger partial charge in [0.05, 0.1) is 6.10 Å². The molecule has 0 spiro atoms. The molecule has 0 aliphatic heterocycles. The normalized spacial score (nSPS) is 13.6. The zero-order valence-electron chi connectivity index (χ0n) is 6.87. The molecule has 0 amide bonds. The molecule has 0 saturated heterocycles. The summed E-state index contributed by atoms with van der Waals surface area (Å²) in [4.78, 5) is 0. The highest BCUT2D eigenvalue weighted by Gasteiger charge is 2.00. The van der Waals surface area contributed by atoms with Crippen molar-refractivity contribution in [1.82, 2.24) is 0 Å². The van der Waals surface area contributed by atoms with Crippen molar-refractivity contribution in [2.45, 2.75) is 13.0 Å². The predicted molar refractivity (Wildman–Crippen MR) is 51.2 cm³/mol. The van der Waals surface area contributed by atoms with E-state index in [1.165, 1.54) is 0 Å². The Bertz CT molecular complexity index is 264. The fourth-order valence-electron chi connectivity index (χ4n) is 0.953. The van der Waals surface area contributed by atoms with Gasteiger partial charge in [0.1, 0.15) is 0 Å². The summed E-state index contributed by atoms with van der Waals surface area (Å²) in [6.45, 7) is 1.87. The zero-order chi connectivity index (χ0) is 8.97. The summed E-state index contributed by atoms with van der Waals surface area (Å²) < 4.78 is 0. The first-order valence-corrected chi connectivity index (χ1v) is 4.18. The summed E-state index contributed by atoms with van der Waals surface area (Å²) in [6.07, 6.45) is 3.02. The number of hydrogen-bond acceptors (Lipinski definition) is 1. The molecule has 1 aromatic rings. The molecule has 0 fully saturated rings. The van der Waals surface area contributed by atoms with Gasteiger partial charge in [0.25, 0.3) is 0 Å². The molecule has 0 aliphatic carbocycles. The van der Waals surface area contributed by atoms with Gasteiger partial charge in [0, 0.05) is 5.02 Å². The minimum atomic E-state index is -0.521. The van der Waals surface area contributed by atoms with Gasteiger partial charge in [-0.05, 0) is 24.6 Å². The van der Waals surface area contributed by atoms with Crippen molar-refractivity contribution >= 4 is 11.6 Å². The van der Waals surface area contributed by atoms with E-state index in [0.717, 1.165) is 5.56 Å². The third kappa shape index (κ3) is 2.36. The SMILES string of the molecule is CC=C[C@@H](O)c1ccc(Cl)cc1. The van der Waals surface area contributed by atoms with Gasteiger partial charge >= 0.3 is 0 Å². The van der Waals surface area contributed by atoms with Crippen LogP contribution in [0.2, 0.25) is 5.02 Å². The smallest absolute Gasteiger partial charge is 0.0971 e. The number of benzene rings is 1. The van der Waals surface area contributed by atoms with Gasteiger partial charge in [0.2, 0.25) is 0 Å². The Hall–Kier alpha value is -0.790. The van der Waals surface area contributed by atoms with Crippen molar-refractivity contribution in [3.63, 3.8) is 0 Å². The molecule has 0 saturated carbocycles. The van der Waals surface area contributed by atoms with Crippen LogP contribution in [0.3, 0.4) is 0 Å². The van der Waals surface area contributed by atoms with Crippen LogP contribution in [0, 0.1) is 0 Å². The second-order valence-electron chi connectivity index (χ2n) is 2.52. The highest BCUT2D eigenvalue weighted by Crippen LogP contribution is 2.16. The van der Waals surface area contributed by atoms with Crippen LogP contribution in [0.15, 0.2) is 36.4 Å². The largest absolute Gasteiger partial charge is 0.384 e. The Morgan fingerprint density at radius 3 is 2.42 bits per heavy atom. The molecule has 1 rings (SSSR count). The van der Waals surface area contributed by atoms with E-state index in [1.807, 2.05) is 25.1 Å². The Morgan fingerprint density at radius 1 is 1.33 bits per heavy atom. The van der Waals surface area contributed by atoms with Crippen LogP contribution in [0.5, 0.6) is 0 Å². The summed E-state index contributed by atoms with van der Waals surface area (Å²) in [5.74, 6) is 0. The first-order valence-electron chi connectivity index (χ1n) is 3.80. The zero-order valence-corrected chi connectivity index (χ0v) is 7.62. The van der Waals surface area contributed by atoms with Crippen LogP contribution < -0.4 is 0 Å². The quantitative estimate of drug-likeness (QED) is 0.698. The lowest BCUT2D eigenvalue weighted by molar-refractivity contribution is 0.228.